The molecule has 0 aliphatic carbocycles. The molecular weight excluding hydrogens is 258 g/mol. The summed E-state index contributed by atoms with van der Waals surface area (Å²) in [6, 6.07) is 8.41. The summed E-state index contributed by atoms with van der Waals surface area (Å²) in [5.41, 5.74) is 2.61. The van der Waals surface area contributed by atoms with E-state index < -0.39 is 5.91 Å². The number of carbonyl (C=O) groups is 2. The van der Waals surface area contributed by atoms with Crippen LogP contribution in [0.5, 0.6) is 0 Å². The molecule has 0 unspecified atom stereocenters. The summed E-state index contributed by atoms with van der Waals surface area (Å²) in [5, 5.41) is 19.7. The molecule has 0 aliphatic heterocycles. The lowest BCUT2D eigenvalue weighted by Gasteiger charge is -2.05. The number of nitriles is 1. The molecule has 0 spiro atoms. The zero-order chi connectivity index (χ0) is 14.8. The average molecular weight is 275 g/mol. The Hall–Kier alpha value is -2.39. The molecule has 3 N–H and O–H groups in total. The number of hydrogen-bond donors (Lipinski definition) is 3. The standard InChI is InChI=1S/C14H17N3O3/c15-10-11-5-7-12(8-6-11)14(19)16-9-3-1-2-4-13(18)17-20/h5-8,20H,1-4,9H2,(H,16,19)(H,17,18). The number of nitrogens with one attached hydrogen (secondary N) is 2. The van der Waals surface area contributed by atoms with Gasteiger partial charge in [-0.05, 0) is 37.1 Å². The van der Waals surface area contributed by atoms with Gasteiger partial charge in [-0.15, -0.1) is 0 Å². The molecule has 2 amide bonds. The van der Waals surface area contributed by atoms with Gasteiger partial charge in [0.1, 0.15) is 0 Å². The van der Waals surface area contributed by atoms with Crippen LogP contribution in [-0.2, 0) is 4.79 Å². The summed E-state index contributed by atoms with van der Waals surface area (Å²) in [5.74, 6) is -0.575. The van der Waals surface area contributed by atoms with E-state index in [-0.39, 0.29) is 12.3 Å². The second-order valence-electron chi connectivity index (χ2n) is 4.29. The molecule has 0 aliphatic rings. The number of nitrogens with zero attached hydrogens (tertiary/aromatic N) is 1. The maximum atomic E-state index is 11.7. The fourth-order valence-electron chi connectivity index (χ4n) is 1.64. The van der Waals surface area contributed by atoms with E-state index in [1.54, 1.807) is 29.7 Å². The van der Waals surface area contributed by atoms with Gasteiger partial charge in [0, 0.05) is 18.5 Å². The molecule has 0 radical (unpaired) electrons. The minimum atomic E-state index is -0.397. The normalized spacial score (nSPS) is 9.60. The van der Waals surface area contributed by atoms with Crippen LogP contribution in [0.15, 0.2) is 24.3 Å². The maximum absolute atomic E-state index is 11.7. The Morgan fingerprint density at radius 3 is 2.45 bits per heavy atom. The molecule has 0 heterocycles. The first-order valence-electron chi connectivity index (χ1n) is 6.38. The van der Waals surface area contributed by atoms with Crippen molar-refractivity contribution in [2.24, 2.45) is 0 Å². The fourth-order valence-corrected chi connectivity index (χ4v) is 1.64. The summed E-state index contributed by atoms with van der Waals surface area (Å²) >= 11 is 0. The van der Waals surface area contributed by atoms with Crippen molar-refractivity contribution in [3.05, 3.63) is 35.4 Å². The van der Waals surface area contributed by atoms with Gasteiger partial charge in [0.15, 0.2) is 0 Å². The molecular formula is C14H17N3O3. The number of carbonyl (C=O) groups excluding carboxylic acids is 2. The summed E-state index contributed by atoms with van der Waals surface area (Å²) in [6.07, 6.45) is 2.50. The highest BCUT2D eigenvalue weighted by Crippen LogP contribution is 2.03. The molecule has 106 valence electrons. The predicted molar refractivity (Wildman–Crippen MR) is 71.9 cm³/mol. The largest absolute Gasteiger partial charge is 0.352 e. The average Bonchev–Trinajstić information content (AvgIpc) is 2.50. The number of hydroxylamine groups is 1. The lowest BCUT2D eigenvalue weighted by molar-refractivity contribution is -0.129. The summed E-state index contributed by atoms with van der Waals surface area (Å²) < 4.78 is 0. The van der Waals surface area contributed by atoms with E-state index >= 15 is 0 Å². The lowest BCUT2D eigenvalue weighted by Crippen LogP contribution is -2.24. The quantitative estimate of drug-likeness (QED) is 0.397. The van der Waals surface area contributed by atoms with Crippen LogP contribution < -0.4 is 10.8 Å². The molecule has 0 saturated heterocycles. The molecule has 6 heteroatoms. The highest BCUT2D eigenvalue weighted by molar-refractivity contribution is 5.94. The Bertz CT molecular complexity index is 491. The van der Waals surface area contributed by atoms with Crippen LogP contribution in [0.3, 0.4) is 0 Å². The van der Waals surface area contributed by atoms with Gasteiger partial charge in [-0.2, -0.15) is 5.26 Å². The van der Waals surface area contributed by atoms with Crippen LogP contribution >= 0.6 is 0 Å². The number of amides is 2. The molecule has 0 fully saturated rings. The van der Waals surface area contributed by atoms with E-state index in [1.165, 1.54) is 0 Å². The fraction of sp³-hybridized carbons (Fsp3) is 0.357. The molecule has 6 nitrogen and oxygen atoms in total. The first-order valence-corrected chi connectivity index (χ1v) is 6.38. The van der Waals surface area contributed by atoms with Gasteiger partial charge >= 0.3 is 0 Å². The second-order valence-corrected chi connectivity index (χ2v) is 4.29. The van der Waals surface area contributed by atoms with Crippen LogP contribution in [0.2, 0.25) is 0 Å². The van der Waals surface area contributed by atoms with Crippen molar-refractivity contribution < 1.29 is 14.8 Å². The lowest BCUT2D eigenvalue weighted by atomic mass is 10.1. The molecule has 0 saturated carbocycles. The number of unbranched alkanes of at least 4 members (excludes halogenated alkanes) is 2. The summed E-state index contributed by atoms with van der Waals surface area (Å²) in [7, 11) is 0. The number of hydrogen-bond acceptors (Lipinski definition) is 4. The highest BCUT2D eigenvalue weighted by atomic mass is 16.5. The predicted octanol–water partition coefficient (Wildman–Crippen LogP) is 1.35. The molecule has 0 atom stereocenters. The van der Waals surface area contributed by atoms with Crippen molar-refractivity contribution >= 4 is 11.8 Å². The van der Waals surface area contributed by atoms with Crippen LogP contribution in [0, 0.1) is 11.3 Å². The molecule has 20 heavy (non-hydrogen) atoms. The molecule has 0 aromatic heterocycles. The van der Waals surface area contributed by atoms with Crippen molar-refractivity contribution in [2.45, 2.75) is 25.7 Å². The van der Waals surface area contributed by atoms with Gasteiger partial charge in [0.2, 0.25) is 5.91 Å². The monoisotopic (exact) mass is 275 g/mol. The molecule has 1 rings (SSSR count). The van der Waals surface area contributed by atoms with Crippen LogP contribution in [0.1, 0.15) is 41.6 Å². The zero-order valence-electron chi connectivity index (χ0n) is 11.1. The number of rotatable bonds is 7. The van der Waals surface area contributed by atoms with E-state index in [0.717, 1.165) is 12.8 Å². The van der Waals surface area contributed by atoms with E-state index in [1.807, 2.05) is 6.07 Å². The van der Waals surface area contributed by atoms with Crippen LogP contribution in [0.25, 0.3) is 0 Å². The highest BCUT2D eigenvalue weighted by Gasteiger charge is 2.04. The maximum Gasteiger partial charge on any atom is 0.251 e. The zero-order valence-corrected chi connectivity index (χ0v) is 11.1. The Morgan fingerprint density at radius 2 is 1.85 bits per heavy atom. The van der Waals surface area contributed by atoms with E-state index in [4.69, 9.17) is 10.5 Å². The first-order chi connectivity index (χ1) is 9.67. The third-order valence-corrected chi connectivity index (χ3v) is 2.77. The molecule has 0 bridgehead atoms. The van der Waals surface area contributed by atoms with Crippen molar-refractivity contribution in [1.82, 2.24) is 10.8 Å². The van der Waals surface area contributed by atoms with Gasteiger partial charge < -0.3 is 5.32 Å². The first kappa shape index (κ1) is 15.7. The Morgan fingerprint density at radius 1 is 1.15 bits per heavy atom. The van der Waals surface area contributed by atoms with Crippen molar-refractivity contribution in [1.29, 1.82) is 5.26 Å². The van der Waals surface area contributed by atoms with Gasteiger partial charge in [0.25, 0.3) is 5.91 Å². The second kappa shape index (κ2) is 8.67. The van der Waals surface area contributed by atoms with Crippen molar-refractivity contribution in [3.8, 4) is 6.07 Å². The van der Waals surface area contributed by atoms with Crippen molar-refractivity contribution in [3.63, 3.8) is 0 Å². The SMILES string of the molecule is N#Cc1ccc(C(=O)NCCCCCC(=O)NO)cc1. The van der Waals surface area contributed by atoms with Crippen LogP contribution in [-0.4, -0.2) is 23.6 Å². The third-order valence-electron chi connectivity index (χ3n) is 2.77. The Labute approximate surface area is 117 Å². The van der Waals surface area contributed by atoms with Gasteiger partial charge in [-0.3, -0.25) is 14.8 Å². The van der Waals surface area contributed by atoms with Gasteiger partial charge in [0.05, 0.1) is 11.6 Å². The Balaban J connectivity index is 2.20. The minimum Gasteiger partial charge on any atom is -0.352 e. The molecule has 1 aromatic carbocycles. The summed E-state index contributed by atoms with van der Waals surface area (Å²) in [6.45, 7) is 0.527. The third kappa shape index (κ3) is 5.50. The van der Waals surface area contributed by atoms with Gasteiger partial charge in [-0.25, -0.2) is 5.48 Å². The summed E-state index contributed by atoms with van der Waals surface area (Å²) in [4.78, 5) is 22.5. The van der Waals surface area contributed by atoms with Gasteiger partial charge in [-0.1, -0.05) is 6.42 Å². The smallest absolute Gasteiger partial charge is 0.251 e. The van der Waals surface area contributed by atoms with Crippen molar-refractivity contribution in [2.75, 3.05) is 6.54 Å². The van der Waals surface area contributed by atoms with E-state index in [2.05, 4.69) is 5.32 Å². The van der Waals surface area contributed by atoms with Crippen LogP contribution in [0.4, 0.5) is 0 Å². The van der Waals surface area contributed by atoms with E-state index in [9.17, 15) is 9.59 Å². The topological polar surface area (TPSA) is 102 Å². The molecule has 1 aromatic rings. The Kier molecular flexibility index (Phi) is 6.79. The number of benzene rings is 1. The van der Waals surface area contributed by atoms with E-state index in [0.29, 0.717) is 24.1 Å². The minimum absolute atomic E-state index is 0.178.